The molecular weight excluding hydrogens is 182 g/mol. The smallest absolute Gasteiger partial charge is 0.255 e. The van der Waals surface area contributed by atoms with E-state index in [9.17, 15) is 4.79 Å². The van der Waals surface area contributed by atoms with Crippen LogP contribution in [0.2, 0.25) is 0 Å². The molecule has 1 aromatic rings. The molecule has 3 N–H and O–H groups in total. The van der Waals surface area contributed by atoms with Crippen LogP contribution in [0.15, 0.2) is 4.79 Å². The van der Waals surface area contributed by atoms with Crippen molar-refractivity contribution < 1.29 is 4.74 Å². The van der Waals surface area contributed by atoms with Gasteiger partial charge in [-0.1, -0.05) is 0 Å². The minimum atomic E-state index is -0.638. The number of aromatic nitrogens is 2. The summed E-state index contributed by atoms with van der Waals surface area (Å²) in [5.41, 5.74) is 5.16. The second kappa shape index (κ2) is 3.42. The highest BCUT2D eigenvalue weighted by Crippen LogP contribution is 2.19. The second-order valence-corrected chi connectivity index (χ2v) is 3.64. The Bertz CT molecular complexity index is 396. The lowest BCUT2D eigenvalue weighted by Crippen LogP contribution is -2.28. The van der Waals surface area contributed by atoms with E-state index in [1.54, 1.807) is 27.9 Å². The van der Waals surface area contributed by atoms with Crippen LogP contribution in [0.1, 0.15) is 25.2 Å². The molecule has 0 atom stereocenters. The molecule has 1 rings (SSSR count). The zero-order valence-electron chi connectivity index (χ0n) is 8.84. The fourth-order valence-corrected chi connectivity index (χ4v) is 0.932. The highest BCUT2D eigenvalue weighted by molar-refractivity contribution is 5.36. The number of hydrogen-bond donors (Lipinski definition) is 2. The Kier molecular flexibility index (Phi) is 2.62. The summed E-state index contributed by atoms with van der Waals surface area (Å²) in [6.07, 6.45) is 0. The Morgan fingerprint density at radius 3 is 2.50 bits per heavy atom. The van der Waals surface area contributed by atoms with E-state index in [-0.39, 0.29) is 11.4 Å². The van der Waals surface area contributed by atoms with E-state index in [2.05, 4.69) is 9.97 Å². The van der Waals surface area contributed by atoms with Crippen LogP contribution >= 0.6 is 0 Å². The number of nitrogens with two attached hydrogens (primary N) is 1. The van der Waals surface area contributed by atoms with E-state index in [4.69, 9.17) is 10.5 Å². The van der Waals surface area contributed by atoms with Gasteiger partial charge in [0.15, 0.2) is 0 Å². The third-order valence-electron chi connectivity index (χ3n) is 2.27. The highest BCUT2D eigenvalue weighted by Gasteiger charge is 2.23. The number of methoxy groups -OCH3 is 1. The summed E-state index contributed by atoms with van der Waals surface area (Å²) in [6, 6.07) is 0. The van der Waals surface area contributed by atoms with E-state index in [1.165, 1.54) is 0 Å². The summed E-state index contributed by atoms with van der Waals surface area (Å²) in [6.45, 7) is 5.24. The number of hydrogen-bond acceptors (Lipinski definition) is 4. The van der Waals surface area contributed by atoms with Crippen LogP contribution in [0.3, 0.4) is 0 Å². The zero-order chi connectivity index (χ0) is 10.9. The van der Waals surface area contributed by atoms with Gasteiger partial charge >= 0.3 is 0 Å². The maximum Gasteiger partial charge on any atom is 0.255 e. The normalized spacial score (nSPS) is 11.7. The molecule has 0 unspecified atom stereocenters. The van der Waals surface area contributed by atoms with E-state index < -0.39 is 5.60 Å². The van der Waals surface area contributed by atoms with Gasteiger partial charge in [0.25, 0.3) is 5.56 Å². The Balaban J connectivity index is 3.33. The van der Waals surface area contributed by atoms with Crippen molar-refractivity contribution >= 4 is 5.82 Å². The first-order valence-corrected chi connectivity index (χ1v) is 4.30. The van der Waals surface area contributed by atoms with Gasteiger partial charge in [-0.05, 0) is 20.8 Å². The minimum absolute atomic E-state index is 0.224. The molecule has 0 amide bonds. The number of anilines is 1. The first-order valence-electron chi connectivity index (χ1n) is 4.30. The molecule has 5 heteroatoms. The van der Waals surface area contributed by atoms with Crippen LogP contribution < -0.4 is 11.3 Å². The molecule has 0 aliphatic rings. The highest BCUT2D eigenvalue weighted by atomic mass is 16.5. The van der Waals surface area contributed by atoms with E-state index in [0.29, 0.717) is 11.4 Å². The van der Waals surface area contributed by atoms with E-state index in [0.717, 1.165) is 0 Å². The van der Waals surface area contributed by atoms with Crippen LogP contribution in [0.4, 0.5) is 5.82 Å². The lowest BCUT2D eigenvalue weighted by molar-refractivity contribution is 0.0114. The van der Waals surface area contributed by atoms with Crippen molar-refractivity contribution in [3.05, 3.63) is 21.7 Å². The van der Waals surface area contributed by atoms with E-state index in [1.807, 2.05) is 0 Å². The number of nitrogens with one attached hydrogen (secondary N) is 1. The number of rotatable bonds is 2. The fourth-order valence-electron chi connectivity index (χ4n) is 0.932. The molecule has 0 radical (unpaired) electrons. The topological polar surface area (TPSA) is 81.0 Å². The molecule has 0 spiro atoms. The van der Waals surface area contributed by atoms with Gasteiger partial charge in [0.05, 0.1) is 5.56 Å². The number of H-pyrrole nitrogens is 1. The molecule has 0 fully saturated rings. The first kappa shape index (κ1) is 10.7. The zero-order valence-corrected chi connectivity index (χ0v) is 8.84. The molecule has 0 saturated carbocycles. The molecule has 0 aliphatic carbocycles. The lowest BCUT2D eigenvalue weighted by atomic mass is 10.1. The van der Waals surface area contributed by atoms with Crippen molar-refractivity contribution in [2.45, 2.75) is 26.4 Å². The van der Waals surface area contributed by atoms with Crippen LogP contribution in [-0.2, 0) is 10.3 Å². The van der Waals surface area contributed by atoms with Crippen molar-refractivity contribution in [3.63, 3.8) is 0 Å². The second-order valence-electron chi connectivity index (χ2n) is 3.64. The number of nitrogen functional groups attached to an aromatic ring is 1. The Morgan fingerprint density at radius 2 is 2.07 bits per heavy atom. The van der Waals surface area contributed by atoms with Crippen molar-refractivity contribution in [2.24, 2.45) is 0 Å². The lowest BCUT2D eigenvalue weighted by Gasteiger charge is -2.21. The molecule has 0 aliphatic heterocycles. The average molecular weight is 197 g/mol. The van der Waals surface area contributed by atoms with Gasteiger partial charge in [-0.25, -0.2) is 4.98 Å². The quantitative estimate of drug-likeness (QED) is 0.725. The van der Waals surface area contributed by atoms with Crippen molar-refractivity contribution in [1.82, 2.24) is 9.97 Å². The summed E-state index contributed by atoms with van der Waals surface area (Å²) in [5, 5.41) is 0. The predicted molar refractivity (Wildman–Crippen MR) is 54.0 cm³/mol. The van der Waals surface area contributed by atoms with Crippen molar-refractivity contribution in [2.75, 3.05) is 12.8 Å². The number of ether oxygens (including phenoxy) is 1. The third kappa shape index (κ3) is 1.77. The van der Waals surface area contributed by atoms with Gasteiger partial charge in [0, 0.05) is 7.11 Å². The molecule has 78 valence electrons. The summed E-state index contributed by atoms with van der Waals surface area (Å²) in [7, 11) is 1.55. The van der Waals surface area contributed by atoms with Crippen LogP contribution in [0.25, 0.3) is 0 Å². The fraction of sp³-hybridized carbons (Fsp3) is 0.556. The number of aromatic amines is 1. The maximum absolute atomic E-state index is 11.4. The summed E-state index contributed by atoms with van der Waals surface area (Å²) in [4.78, 5) is 18.1. The van der Waals surface area contributed by atoms with Gasteiger partial charge in [-0.15, -0.1) is 0 Å². The molecule has 0 saturated heterocycles. The van der Waals surface area contributed by atoms with Crippen molar-refractivity contribution in [1.29, 1.82) is 0 Å². The summed E-state index contributed by atoms with van der Waals surface area (Å²) < 4.78 is 5.19. The Morgan fingerprint density at radius 1 is 1.50 bits per heavy atom. The average Bonchev–Trinajstić information content (AvgIpc) is 2.13. The summed E-state index contributed by atoms with van der Waals surface area (Å²) >= 11 is 0. The molecule has 1 heterocycles. The molecule has 14 heavy (non-hydrogen) atoms. The standard InChI is InChI=1S/C9H15N3O2/c1-5-6(10)11-8(12-7(5)13)9(2,3)14-4/h1-4H3,(H3,10,11,12,13). The van der Waals surface area contributed by atoms with Crippen LogP contribution in [0.5, 0.6) is 0 Å². The molecule has 1 aromatic heterocycles. The minimum Gasteiger partial charge on any atom is -0.383 e. The monoisotopic (exact) mass is 197 g/mol. The Labute approximate surface area is 82.3 Å². The molecule has 0 bridgehead atoms. The van der Waals surface area contributed by atoms with Gasteiger partial charge in [0.2, 0.25) is 0 Å². The Hall–Kier alpha value is -1.36. The summed E-state index contributed by atoms with van der Waals surface area (Å²) in [5.74, 6) is 0.682. The molecule has 5 nitrogen and oxygen atoms in total. The van der Waals surface area contributed by atoms with Crippen molar-refractivity contribution in [3.8, 4) is 0 Å². The van der Waals surface area contributed by atoms with Crippen LogP contribution in [-0.4, -0.2) is 17.1 Å². The maximum atomic E-state index is 11.4. The number of nitrogens with zero attached hydrogens (tertiary/aromatic N) is 1. The van der Waals surface area contributed by atoms with Gasteiger partial charge in [-0.2, -0.15) is 0 Å². The van der Waals surface area contributed by atoms with Gasteiger partial charge < -0.3 is 15.5 Å². The first-order chi connectivity index (χ1) is 6.38. The third-order valence-corrected chi connectivity index (χ3v) is 2.27. The largest absolute Gasteiger partial charge is 0.383 e. The SMILES string of the molecule is COC(C)(C)c1nc(N)c(C)c(=O)[nH]1. The molecular formula is C9H15N3O2. The van der Waals surface area contributed by atoms with Gasteiger partial charge in [0.1, 0.15) is 17.2 Å². The van der Waals surface area contributed by atoms with Crippen LogP contribution in [0, 0.1) is 6.92 Å². The van der Waals surface area contributed by atoms with E-state index >= 15 is 0 Å². The predicted octanol–water partition coefficient (Wildman–Crippen LogP) is 0.542. The molecule has 0 aromatic carbocycles. The van der Waals surface area contributed by atoms with Gasteiger partial charge in [-0.3, -0.25) is 4.79 Å².